The molecule has 77 heavy (non-hydrogen) atoms. The van der Waals surface area contributed by atoms with Crippen molar-refractivity contribution in [3.63, 3.8) is 0 Å². The number of non-ortho nitro benzene ring substituents is 1. The normalized spacial score (nSPS) is 20.8. The van der Waals surface area contributed by atoms with E-state index in [1.807, 2.05) is 84.9 Å². The smallest absolute Gasteiger partial charge is 0.410 e. The molecule has 2 aliphatic carbocycles. The summed E-state index contributed by atoms with van der Waals surface area (Å²) < 4.78 is 48.3. The Morgan fingerprint density at radius 1 is 0.831 bits per heavy atom. The molecule has 0 unspecified atom stereocenters. The predicted molar refractivity (Wildman–Crippen MR) is 291 cm³/mol. The fourth-order valence-electron chi connectivity index (χ4n) is 11.4. The van der Waals surface area contributed by atoms with Crippen molar-refractivity contribution in [1.82, 2.24) is 4.90 Å². The molecule has 0 aromatic heterocycles. The highest BCUT2D eigenvalue weighted by molar-refractivity contribution is 6.03. The summed E-state index contributed by atoms with van der Waals surface area (Å²) >= 11 is 0. The molecule has 1 heterocycles. The Kier molecular flexibility index (Phi) is 18.4. The molecule has 6 aromatic carbocycles. The minimum absolute atomic E-state index is 0.0118. The van der Waals surface area contributed by atoms with Gasteiger partial charge in [0.1, 0.15) is 43.2 Å². The van der Waals surface area contributed by atoms with Gasteiger partial charge >= 0.3 is 6.09 Å². The van der Waals surface area contributed by atoms with Gasteiger partial charge in [0.15, 0.2) is 0 Å². The van der Waals surface area contributed by atoms with Crippen LogP contribution in [-0.4, -0.2) is 76.7 Å². The van der Waals surface area contributed by atoms with Gasteiger partial charge in [0.2, 0.25) is 5.79 Å². The number of ether oxygens (including phenoxy) is 5. The van der Waals surface area contributed by atoms with Gasteiger partial charge in [-0.3, -0.25) is 15.0 Å². The molecular formula is C62H66FN3O11. The molecule has 1 aliphatic heterocycles. The third-order valence-corrected chi connectivity index (χ3v) is 14.9. The number of aliphatic hydroxyl groups excluding tert-OH is 2. The van der Waals surface area contributed by atoms with Crippen molar-refractivity contribution in [1.29, 1.82) is 0 Å². The monoisotopic (exact) mass is 1050 g/mol. The third-order valence-electron chi connectivity index (χ3n) is 14.9. The predicted octanol–water partition coefficient (Wildman–Crippen LogP) is 12.2. The number of nitro groups is 1. The Labute approximate surface area is 448 Å². The van der Waals surface area contributed by atoms with E-state index in [0.29, 0.717) is 60.6 Å². The van der Waals surface area contributed by atoms with E-state index in [2.05, 4.69) is 12.7 Å². The van der Waals surface area contributed by atoms with Crippen LogP contribution in [0.5, 0.6) is 11.5 Å². The van der Waals surface area contributed by atoms with E-state index < -0.39 is 28.8 Å². The molecule has 15 heteroatoms. The number of carbonyl (C=O) groups is 1. The standard InChI is InChI=1S/C62H66FN3O11/c1-2-33-75-62-58(65(39-47-21-14-20-45-17-6-8-22-51(45)47)61(69)73-35-34-72-40-43-15-4-3-5-16-43)38-56(64-76-41-44-25-27-49(28-26-44)66(70)71)53-36-46(18-10-12-31-67)52(23-11-13-32-68)59(60(53)62)54-37-50(29-30-57(54)77-62)74-42-48-19-7-9-24-55(48)63/h2-9,14-17,19-22,24-30,36-37,46,52,58-60,67-68H,1,10-13,18,23,31-35,38-42H2/t46-,52+,58-,59+,60+,62+/m0/s1. The molecule has 14 nitrogen and oxygen atoms in total. The van der Waals surface area contributed by atoms with Crippen LogP contribution in [0.25, 0.3) is 10.8 Å². The number of hydrogen-bond acceptors (Lipinski definition) is 12. The second kappa shape index (κ2) is 26.1. The molecule has 6 aromatic rings. The van der Waals surface area contributed by atoms with Crippen molar-refractivity contribution in [2.75, 3.05) is 33.0 Å². The van der Waals surface area contributed by atoms with E-state index in [9.17, 15) is 24.7 Å². The lowest BCUT2D eigenvalue weighted by Crippen LogP contribution is -2.70. The van der Waals surface area contributed by atoms with Crippen LogP contribution in [0.4, 0.5) is 14.9 Å². The van der Waals surface area contributed by atoms with E-state index in [0.717, 1.165) is 45.9 Å². The number of allylic oxidation sites excluding steroid dienone is 1. The van der Waals surface area contributed by atoms with Crippen LogP contribution >= 0.6 is 0 Å². The van der Waals surface area contributed by atoms with Crippen molar-refractivity contribution >= 4 is 28.3 Å². The summed E-state index contributed by atoms with van der Waals surface area (Å²) in [6, 6.07) is 41.0. The Bertz CT molecular complexity index is 3020. The van der Waals surface area contributed by atoms with E-state index >= 15 is 4.79 Å². The van der Waals surface area contributed by atoms with Crippen molar-refractivity contribution in [2.45, 2.75) is 89.1 Å². The van der Waals surface area contributed by atoms with Crippen molar-refractivity contribution in [3.05, 3.63) is 208 Å². The summed E-state index contributed by atoms with van der Waals surface area (Å²) in [6.45, 7) is 4.63. The van der Waals surface area contributed by atoms with Gasteiger partial charge in [-0.2, -0.15) is 0 Å². The van der Waals surface area contributed by atoms with Gasteiger partial charge in [-0.25, -0.2) is 9.18 Å². The Hall–Kier alpha value is -7.43. The minimum Gasteiger partial charge on any atom is -0.489 e. The zero-order chi connectivity index (χ0) is 53.6. The minimum atomic E-state index is -1.62. The molecule has 6 atom stereocenters. The van der Waals surface area contributed by atoms with Crippen LogP contribution in [-0.2, 0) is 45.4 Å². The largest absolute Gasteiger partial charge is 0.489 e. The summed E-state index contributed by atoms with van der Waals surface area (Å²) in [5, 5.41) is 38.6. The number of nitrogens with zero attached hydrogens (tertiary/aromatic N) is 3. The third kappa shape index (κ3) is 12.7. The maximum absolute atomic E-state index is 15.4. The molecule has 2 N–H and O–H groups in total. The molecule has 1 fully saturated rings. The summed E-state index contributed by atoms with van der Waals surface area (Å²) in [6.07, 6.45) is 7.40. The number of aliphatic hydroxyl groups is 2. The molecule has 3 aliphatic rings. The first-order valence-electron chi connectivity index (χ1n) is 26.5. The van der Waals surface area contributed by atoms with Crippen LogP contribution in [0.3, 0.4) is 0 Å². The second-order valence-corrected chi connectivity index (χ2v) is 19.8. The SMILES string of the molecule is C=CCO[C@@]12Oc3ccc(OCc4ccccc4F)cc3[C@H]3[C@H](CCCCO)[C@@H](CCCCO)C=C(C(=NOCc4ccc([N+](=O)[O-])cc4)C[C@@H]1N(Cc1cccc4ccccc14)C(=O)OCCOCc1ccccc1)[C@H]32. The molecule has 1 saturated carbocycles. The molecule has 0 bridgehead atoms. The van der Waals surface area contributed by atoms with Gasteiger partial charge in [0.25, 0.3) is 5.69 Å². The van der Waals surface area contributed by atoms with Gasteiger partial charge in [-0.15, -0.1) is 6.58 Å². The maximum atomic E-state index is 15.4. The Morgan fingerprint density at radius 2 is 1.56 bits per heavy atom. The number of hydrogen-bond donors (Lipinski definition) is 2. The summed E-state index contributed by atoms with van der Waals surface area (Å²) in [7, 11) is 0. The van der Waals surface area contributed by atoms with E-state index in [-0.39, 0.29) is 88.5 Å². The average molecular weight is 1050 g/mol. The first-order chi connectivity index (χ1) is 37.7. The lowest BCUT2D eigenvalue weighted by Gasteiger charge is -2.60. The van der Waals surface area contributed by atoms with Crippen LogP contribution in [0.15, 0.2) is 169 Å². The van der Waals surface area contributed by atoms with Crippen LogP contribution in [0, 0.1) is 33.7 Å². The topological polar surface area (TPSA) is 172 Å². The zero-order valence-corrected chi connectivity index (χ0v) is 43.1. The lowest BCUT2D eigenvalue weighted by atomic mass is 9.55. The molecule has 0 saturated heterocycles. The quantitative estimate of drug-likeness (QED) is 0.0229. The number of amides is 1. The summed E-state index contributed by atoms with van der Waals surface area (Å²) in [4.78, 5) is 34.4. The van der Waals surface area contributed by atoms with Crippen molar-refractivity contribution in [2.24, 2.45) is 22.9 Å². The first-order valence-corrected chi connectivity index (χ1v) is 26.5. The van der Waals surface area contributed by atoms with E-state index in [1.54, 1.807) is 47.4 Å². The highest BCUT2D eigenvalue weighted by Crippen LogP contribution is 2.62. The fraction of sp³-hybridized carbons (Fsp3) is 0.355. The van der Waals surface area contributed by atoms with Crippen LogP contribution < -0.4 is 9.47 Å². The second-order valence-electron chi connectivity index (χ2n) is 19.8. The highest BCUT2D eigenvalue weighted by atomic mass is 19.1. The molecular weight excluding hydrogens is 982 g/mol. The van der Waals surface area contributed by atoms with Crippen LogP contribution in [0.1, 0.15) is 78.7 Å². The number of halogens is 1. The molecule has 0 radical (unpaired) electrons. The molecule has 9 rings (SSSR count). The van der Waals surface area contributed by atoms with Gasteiger partial charge in [0, 0.05) is 48.8 Å². The number of nitro benzene ring substituents is 1. The number of carbonyl (C=O) groups excluding carboxylic acids is 1. The lowest BCUT2D eigenvalue weighted by molar-refractivity contribution is -0.384. The number of fused-ring (bicyclic) bond motifs is 3. The van der Waals surface area contributed by atoms with Gasteiger partial charge in [-0.1, -0.05) is 121 Å². The Morgan fingerprint density at radius 3 is 2.34 bits per heavy atom. The maximum Gasteiger partial charge on any atom is 0.410 e. The highest BCUT2D eigenvalue weighted by Gasteiger charge is 2.66. The van der Waals surface area contributed by atoms with E-state index in [1.165, 1.54) is 18.2 Å². The molecule has 1 amide bonds. The number of benzene rings is 6. The first kappa shape index (κ1) is 54.4. The average Bonchev–Trinajstić information content (AvgIpc) is 3.64. The van der Waals surface area contributed by atoms with Gasteiger partial charge < -0.3 is 38.7 Å². The Balaban J connectivity index is 1.20. The van der Waals surface area contributed by atoms with Gasteiger partial charge in [-0.05, 0) is 107 Å². The van der Waals surface area contributed by atoms with Gasteiger partial charge in [0.05, 0.1) is 42.9 Å². The number of rotatable bonds is 26. The zero-order valence-electron chi connectivity index (χ0n) is 43.1. The summed E-state index contributed by atoms with van der Waals surface area (Å²) in [5.41, 5.74) is 5.03. The van der Waals surface area contributed by atoms with Crippen molar-refractivity contribution in [3.8, 4) is 11.5 Å². The number of oxime groups is 1. The summed E-state index contributed by atoms with van der Waals surface area (Å²) in [5.74, 6) is -2.19. The fourth-order valence-corrected chi connectivity index (χ4v) is 11.4. The van der Waals surface area contributed by atoms with Crippen molar-refractivity contribution < 1.29 is 52.8 Å². The number of unbranched alkanes of at least 4 members (excludes halogenated alkanes) is 2. The molecule has 0 spiro atoms. The van der Waals surface area contributed by atoms with E-state index in [4.69, 9.17) is 33.7 Å². The van der Waals surface area contributed by atoms with Crippen LogP contribution in [0.2, 0.25) is 0 Å². The molecule has 402 valence electrons.